The third-order valence-corrected chi connectivity index (χ3v) is 7.89. The van der Waals surface area contributed by atoms with E-state index in [4.69, 9.17) is 39.2 Å². The van der Waals surface area contributed by atoms with Crippen molar-refractivity contribution in [1.82, 2.24) is 0 Å². The Balaban J connectivity index is 1.09. The Labute approximate surface area is 300 Å². The molecule has 16 nitrogen and oxygen atoms in total. The van der Waals surface area contributed by atoms with Crippen LogP contribution in [0.5, 0.6) is 23.0 Å². The Morgan fingerprint density at radius 3 is 1.42 bits per heavy atom. The van der Waals surface area contributed by atoms with E-state index >= 15 is 0 Å². The third kappa shape index (κ3) is 10.4. The second-order valence-electron chi connectivity index (χ2n) is 10.2. The summed E-state index contributed by atoms with van der Waals surface area (Å²) in [4.78, 5) is 54.6. The van der Waals surface area contributed by atoms with E-state index < -0.39 is 35.8 Å². The van der Waals surface area contributed by atoms with Gasteiger partial charge in [0.2, 0.25) is 10.8 Å². The van der Waals surface area contributed by atoms with Gasteiger partial charge in [-0.2, -0.15) is 0 Å². The molecule has 0 radical (unpaired) electrons. The van der Waals surface area contributed by atoms with Gasteiger partial charge in [-0.15, -0.1) is 0 Å². The molecule has 18 heteroatoms. The second-order valence-corrected chi connectivity index (χ2v) is 11.9. The van der Waals surface area contributed by atoms with Gasteiger partial charge in [0.05, 0.1) is 20.1 Å². The zero-order chi connectivity index (χ0) is 36.2. The lowest BCUT2D eigenvalue weighted by Crippen LogP contribution is -2.15. The number of hydrogen-bond donors (Lipinski definition) is 2. The lowest BCUT2D eigenvalue weighted by molar-refractivity contribution is -0.152. The summed E-state index contributed by atoms with van der Waals surface area (Å²) in [6, 6.07) is 5.86. The number of allylic oxidation sites excluding steroid dienone is 4. The highest BCUT2D eigenvalue weighted by Gasteiger charge is 2.24. The largest absolute Gasteiger partial charge is 0.481 e. The number of aliphatic hydroxyl groups is 2. The van der Waals surface area contributed by atoms with Gasteiger partial charge in [-0.05, 0) is 56.8 Å². The molecule has 2 aromatic carbocycles. The number of benzene rings is 2. The van der Waals surface area contributed by atoms with Gasteiger partial charge in [-0.1, -0.05) is 0 Å². The van der Waals surface area contributed by atoms with E-state index in [-0.39, 0.29) is 74.7 Å². The van der Waals surface area contributed by atoms with Crippen LogP contribution in [0.4, 0.5) is 0 Å². The van der Waals surface area contributed by atoms with Crippen LogP contribution in [0.25, 0.3) is 21.1 Å². The SMILES string of the molecule is N#[N+]/C=C1/C=C(O)Oc2cc(OC(=O)CCCC(=O)OCCOC(=O)CCCC(=O)Oc3cc4c(cc3Br)/C(=C\[N+]#N)C=C(O)O4)c(Br)cc21. The van der Waals surface area contributed by atoms with E-state index in [1.165, 1.54) is 24.3 Å². The highest BCUT2D eigenvalue weighted by Crippen LogP contribution is 2.41. The first kappa shape index (κ1) is 37.1. The van der Waals surface area contributed by atoms with E-state index in [2.05, 4.69) is 41.8 Å². The maximum atomic E-state index is 12.3. The average Bonchev–Trinajstić information content (AvgIpc) is 3.05. The van der Waals surface area contributed by atoms with Crippen LogP contribution in [0, 0.1) is 10.8 Å². The van der Waals surface area contributed by atoms with E-state index in [0.717, 1.165) is 12.4 Å². The molecular weight excluding hydrogens is 792 g/mol. The molecule has 2 aromatic rings. The van der Waals surface area contributed by atoms with Crippen LogP contribution in [0.15, 0.2) is 69.7 Å². The number of nitrogens with zero attached hydrogens (tertiary/aromatic N) is 4. The fraction of sp³-hybridized carbons (Fsp3) is 0.250. The van der Waals surface area contributed by atoms with Gasteiger partial charge in [-0.25, -0.2) is 0 Å². The minimum Gasteiger partial charge on any atom is -0.481 e. The number of ether oxygens (including phenoxy) is 6. The molecule has 50 heavy (non-hydrogen) atoms. The molecule has 2 heterocycles. The van der Waals surface area contributed by atoms with Crippen molar-refractivity contribution >= 4 is 66.9 Å². The van der Waals surface area contributed by atoms with Crippen molar-refractivity contribution in [2.24, 2.45) is 0 Å². The summed E-state index contributed by atoms with van der Waals surface area (Å²) in [5, 5.41) is 37.2. The van der Waals surface area contributed by atoms with Gasteiger partial charge in [0.15, 0.2) is 9.95 Å². The Kier molecular flexibility index (Phi) is 13.1. The van der Waals surface area contributed by atoms with Gasteiger partial charge >= 0.3 is 36.3 Å². The highest BCUT2D eigenvalue weighted by atomic mass is 79.9. The second kappa shape index (κ2) is 17.6. The first-order valence-electron chi connectivity index (χ1n) is 14.6. The van der Waals surface area contributed by atoms with Crippen LogP contribution in [0.3, 0.4) is 0 Å². The van der Waals surface area contributed by atoms with Crippen molar-refractivity contribution in [3.63, 3.8) is 0 Å². The molecular formula is C32H26Br2N4O12+2. The van der Waals surface area contributed by atoms with Crippen LogP contribution in [0.2, 0.25) is 0 Å². The van der Waals surface area contributed by atoms with Crippen molar-refractivity contribution in [2.75, 3.05) is 13.2 Å². The number of diazo groups is 2. The predicted molar refractivity (Wildman–Crippen MR) is 178 cm³/mol. The Hall–Kier alpha value is -5.72. The Bertz CT molecular complexity index is 1790. The summed E-state index contributed by atoms with van der Waals surface area (Å²) >= 11 is 6.59. The molecule has 2 N–H and O–H groups in total. The van der Waals surface area contributed by atoms with Crippen molar-refractivity contribution in [3.8, 4) is 23.0 Å². The fourth-order valence-corrected chi connectivity index (χ4v) is 5.30. The fourth-order valence-electron chi connectivity index (χ4n) is 4.45. The van der Waals surface area contributed by atoms with Crippen molar-refractivity contribution in [2.45, 2.75) is 38.5 Å². The molecule has 0 saturated carbocycles. The third-order valence-electron chi connectivity index (χ3n) is 6.65. The molecule has 0 aliphatic carbocycles. The number of esters is 4. The number of carbonyl (C=O) groups is 4. The molecule has 258 valence electrons. The molecule has 0 spiro atoms. The minimum absolute atomic E-state index is 0.0994. The molecule has 0 fully saturated rings. The Morgan fingerprint density at radius 1 is 0.660 bits per heavy atom. The maximum Gasteiger partial charge on any atom is 0.358 e. The number of hydrogen-bond acceptors (Lipinski definition) is 14. The standard InChI is InChI=1S/C32H24Br2N4O12/c33-21-11-19-17(15-37-35)9-31(43)47-23(19)13-25(21)49-29(41)5-1-3-27(39)45-7-8-46-28(40)4-2-6-30(42)50-26-14-24-20(12-22(26)34)18(16-38-36)10-32(44)48-24/h9-16H,1-8H2/p+2/b17-15-,18-16-. The molecule has 0 bridgehead atoms. The summed E-state index contributed by atoms with van der Waals surface area (Å²) in [6.07, 6.45) is 4.52. The number of aliphatic hydroxyl groups excluding tert-OH is 2. The minimum atomic E-state index is -0.642. The Morgan fingerprint density at radius 2 is 1.04 bits per heavy atom. The van der Waals surface area contributed by atoms with Crippen LogP contribution < -0.4 is 18.9 Å². The van der Waals surface area contributed by atoms with Crippen LogP contribution in [0.1, 0.15) is 49.7 Å². The summed E-state index contributed by atoms with van der Waals surface area (Å²) in [7, 11) is 0. The summed E-state index contributed by atoms with van der Waals surface area (Å²) < 4.78 is 32.0. The molecule has 0 saturated heterocycles. The lowest BCUT2D eigenvalue weighted by Gasteiger charge is -2.17. The van der Waals surface area contributed by atoms with Gasteiger partial charge in [0.25, 0.3) is 11.9 Å². The van der Waals surface area contributed by atoms with Gasteiger partial charge < -0.3 is 38.6 Å². The zero-order valence-electron chi connectivity index (χ0n) is 25.8. The number of halogens is 2. The molecule has 0 unspecified atom stereocenters. The van der Waals surface area contributed by atoms with Gasteiger partial charge in [-0.3, -0.25) is 19.2 Å². The lowest BCUT2D eigenvalue weighted by atomic mass is 10.0. The normalized spacial score (nSPS) is 14.3. The van der Waals surface area contributed by atoms with Crippen LogP contribution in [-0.4, -0.2) is 47.3 Å². The zero-order valence-corrected chi connectivity index (χ0v) is 29.0. The van der Waals surface area contributed by atoms with Crippen molar-refractivity contribution in [3.05, 3.63) is 90.7 Å². The summed E-state index contributed by atoms with van der Waals surface area (Å²) in [5.74, 6) is -2.87. The van der Waals surface area contributed by atoms with Crippen LogP contribution >= 0.6 is 31.9 Å². The van der Waals surface area contributed by atoms with Crippen molar-refractivity contribution in [1.29, 1.82) is 10.8 Å². The molecule has 2 aliphatic heterocycles. The summed E-state index contributed by atoms with van der Waals surface area (Å²) in [5.41, 5.74) is 1.66. The molecule has 0 aromatic heterocycles. The number of fused-ring (bicyclic) bond motifs is 2. The molecule has 0 amide bonds. The topological polar surface area (TPSA) is 220 Å². The monoisotopic (exact) mass is 816 g/mol. The van der Waals surface area contributed by atoms with E-state index in [9.17, 15) is 29.4 Å². The van der Waals surface area contributed by atoms with Gasteiger partial charge in [0, 0.05) is 61.1 Å². The first-order valence-corrected chi connectivity index (χ1v) is 16.2. The maximum absolute atomic E-state index is 12.3. The van der Waals surface area contributed by atoms with E-state index in [1.54, 1.807) is 12.1 Å². The quantitative estimate of drug-likeness (QED) is 0.0890. The average molecular weight is 818 g/mol. The van der Waals surface area contributed by atoms with Gasteiger partial charge in [0.1, 0.15) is 36.2 Å². The van der Waals surface area contributed by atoms with Crippen LogP contribution in [-0.2, 0) is 28.7 Å². The molecule has 2 aliphatic rings. The predicted octanol–water partition coefficient (Wildman–Crippen LogP) is 7.12. The number of rotatable bonds is 13. The molecule has 4 rings (SSSR count). The van der Waals surface area contributed by atoms with Crippen molar-refractivity contribution < 1.29 is 57.8 Å². The number of carbonyl (C=O) groups excluding carboxylic acids is 4. The first-order chi connectivity index (χ1) is 24.0. The summed E-state index contributed by atoms with van der Waals surface area (Å²) in [6.45, 7) is -0.411. The molecule has 0 atom stereocenters. The highest BCUT2D eigenvalue weighted by molar-refractivity contribution is 9.11. The van der Waals surface area contributed by atoms with E-state index in [1.807, 2.05) is 0 Å². The van der Waals surface area contributed by atoms with E-state index in [0.29, 0.717) is 31.2 Å². The smallest absolute Gasteiger partial charge is 0.358 e.